The van der Waals surface area contributed by atoms with Crippen LogP contribution in [-0.2, 0) is 27.1 Å². The maximum Gasteiger partial charge on any atom is 0.303 e. The van der Waals surface area contributed by atoms with Gasteiger partial charge in [0.05, 0.1) is 0 Å². The Labute approximate surface area is 146 Å². The number of aliphatic carboxylic acids is 1. The SMILES string of the molecule is CC(C)(C)[S+]([O-])NC(CCC(=O)O)P(=O)(O)CCc1ccccc1. The van der Waals surface area contributed by atoms with E-state index in [1.807, 2.05) is 30.3 Å². The van der Waals surface area contributed by atoms with Crippen LogP contribution in [0.3, 0.4) is 0 Å². The second-order valence-electron chi connectivity index (χ2n) is 6.66. The van der Waals surface area contributed by atoms with E-state index in [9.17, 15) is 18.8 Å². The number of carboxylic acid groups (broad SMARTS) is 1. The van der Waals surface area contributed by atoms with Gasteiger partial charge in [0.15, 0.2) is 0 Å². The molecule has 0 saturated carbocycles. The Balaban J connectivity index is 2.81. The molecule has 0 spiro atoms. The molecular weight excluding hydrogens is 349 g/mol. The van der Waals surface area contributed by atoms with Gasteiger partial charge in [0.1, 0.15) is 10.5 Å². The molecule has 3 atom stereocenters. The first-order valence-corrected chi connectivity index (χ1v) is 10.8. The van der Waals surface area contributed by atoms with Gasteiger partial charge in [0.2, 0.25) is 7.37 Å². The summed E-state index contributed by atoms with van der Waals surface area (Å²) < 4.78 is 27.1. The molecule has 1 aromatic rings. The molecule has 0 radical (unpaired) electrons. The van der Waals surface area contributed by atoms with E-state index < -0.39 is 35.2 Å². The maximum atomic E-state index is 12.7. The lowest BCUT2D eigenvalue weighted by molar-refractivity contribution is -0.137. The fraction of sp³-hybridized carbons (Fsp3) is 0.562. The summed E-state index contributed by atoms with van der Waals surface area (Å²) in [5, 5.41) is 8.86. The third-order valence-electron chi connectivity index (χ3n) is 3.48. The van der Waals surface area contributed by atoms with Crippen molar-refractivity contribution in [2.75, 3.05) is 6.16 Å². The Bertz CT molecular complexity index is 576. The molecule has 0 aliphatic rings. The highest BCUT2D eigenvalue weighted by Crippen LogP contribution is 2.48. The van der Waals surface area contributed by atoms with Crippen molar-refractivity contribution in [1.29, 1.82) is 0 Å². The van der Waals surface area contributed by atoms with Crippen LogP contribution in [0.4, 0.5) is 0 Å². The molecule has 0 fully saturated rings. The zero-order chi connectivity index (χ0) is 18.4. The van der Waals surface area contributed by atoms with E-state index in [4.69, 9.17) is 5.11 Å². The quantitative estimate of drug-likeness (QED) is 0.452. The van der Waals surface area contributed by atoms with Crippen LogP contribution >= 0.6 is 7.37 Å². The number of rotatable bonds is 9. The highest BCUT2D eigenvalue weighted by atomic mass is 32.2. The number of carboxylic acids is 1. The number of aryl methyl sites for hydroxylation is 1. The van der Waals surface area contributed by atoms with Crippen molar-refractivity contribution < 1.29 is 23.9 Å². The van der Waals surface area contributed by atoms with Crippen LogP contribution in [0.5, 0.6) is 0 Å². The molecule has 136 valence electrons. The van der Waals surface area contributed by atoms with E-state index in [2.05, 4.69) is 4.72 Å². The van der Waals surface area contributed by atoms with Gasteiger partial charge in [-0.05, 0) is 39.2 Å². The van der Waals surface area contributed by atoms with Gasteiger partial charge < -0.3 is 14.6 Å². The first-order valence-electron chi connectivity index (χ1n) is 7.77. The summed E-state index contributed by atoms with van der Waals surface area (Å²) in [5.74, 6) is -2.05. The molecule has 1 aromatic carbocycles. The highest BCUT2D eigenvalue weighted by molar-refractivity contribution is 7.91. The van der Waals surface area contributed by atoms with Crippen molar-refractivity contribution in [2.24, 2.45) is 0 Å². The van der Waals surface area contributed by atoms with Crippen molar-refractivity contribution >= 4 is 24.7 Å². The predicted octanol–water partition coefficient (Wildman–Crippen LogP) is 2.74. The van der Waals surface area contributed by atoms with Crippen LogP contribution in [0.25, 0.3) is 0 Å². The summed E-state index contributed by atoms with van der Waals surface area (Å²) in [5.41, 5.74) is 0.931. The van der Waals surface area contributed by atoms with Crippen LogP contribution < -0.4 is 4.72 Å². The summed E-state index contributed by atoms with van der Waals surface area (Å²) in [6, 6.07) is 9.31. The molecule has 0 saturated heterocycles. The van der Waals surface area contributed by atoms with E-state index >= 15 is 0 Å². The lowest BCUT2D eigenvalue weighted by atomic mass is 10.2. The molecule has 3 N–H and O–H groups in total. The summed E-state index contributed by atoms with van der Waals surface area (Å²) in [6.45, 7) is 5.24. The van der Waals surface area contributed by atoms with Gasteiger partial charge in [0.25, 0.3) is 0 Å². The van der Waals surface area contributed by atoms with E-state index in [1.54, 1.807) is 20.8 Å². The lowest BCUT2D eigenvalue weighted by Gasteiger charge is -2.30. The minimum absolute atomic E-state index is 0.00957. The number of hydrogen-bond acceptors (Lipinski definition) is 4. The average molecular weight is 375 g/mol. The molecule has 0 aliphatic heterocycles. The van der Waals surface area contributed by atoms with Gasteiger partial charge >= 0.3 is 5.97 Å². The van der Waals surface area contributed by atoms with Gasteiger partial charge in [-0.25, -0.2) is 0 Å². The first-order chi connectivity index (χ1) is 11.0. The van der Waals surface area contributed by atoms with Gasteiger partial charge in [0, 0.05) is 23.9 Å². The van der Waals surface area contributed by atoms with Crippen LogP contribution in [0.1, 0.15) is 39.2 Å². The summed E-state index contributed by atoms with van der Waals surface area (Å²) in [7, 11) is -3.72. The molecule has 0 bridgehead atoms. The molecule has 0 aliphatic carbocycles. The molecular formula is C16H26NO5PS. The number of benzene rings is 1. The predicted molar refractivity (Wildman–Crippen MR) is 96.5 cm³/mol. The number of carbonyl (C=O) groups is 1. The highest BCUT2D eigenvalue weighted by Gasteiger charge is 2.38. The smallest absolute Gasteiger partial charge is 0.303 e. The van der Waals surface area contributed by atoms with E-state index in [0.29, 0.717) is 6.42 Å². The second-order valence-corrected chi connectivity index (χ2v) is 11.2. The fourth-order valence-corrected chi connectivity index (χ4v) is 5.08. The number of nitrogens with one attached hydrogen (secondary N) is 1. The fourth-order valence-electron chi connectivity index (χ4n) is 1.99. The van der Waals surface area contributed by atoms with E-state index in [1.165, 1.54) is 0 Å². The Morgan fingerprint density at radius 1 is 1.33 bits per heavy atom. The van der Waals surface area contributed by atoms with Crippen molar-refractivity contribution in [3.8, 4) is 0 Å². The van der Waals surface area contributed by atoms with Crippen LogP contribution in [0.15, 0.2) is 30.3 Å². The van der Waals surface area contributed by atoms with Crippen LogP contribution in [0.2, 0.25) is 0 Å². The Morgan fingerprint density at radius 3 is 2.42 bits per heavy atom. The first kappa shape index (κ1) is 21.2. The molecule has 0 heterocycles. The van der Waals surface area contributed by atoms with Crippen molar-refractivity contribution in [2.45, 2.75) is 50.6 Å². The van der Waals surface area contributed by atoms with Crippen molar-refractivity contribution in [3.05, 3.63) is 35.9 Å². The maximum absolute atomic E-state index is 12.7. The molecule has 24 heavy (non-hydrogen) atoms. The van der Waals surface area contributed by atoms with Crippen LogP contribution in [0, 0.1) is 0 Å². The Morgan fingerprint density at radius 2 is 1.92 bits per heavy atom. The normalized spacial score (nSPS) is 17.0. The zero-order valence-electron chi connectivity index (χ0n) is 14.3. The standard InChI is InChI=1S/C16H26NO5PS/c1-16(2,3)24(22)17-14(9-10-15(18)19)23(20,21)12-11-13-7-5-4-6-8-13/h4-8,14,17H,9-12H2,1-3H3,(H,18,19)(H,20,21). The molecule has 3 unspecified atom stereocenters. The van der Waals surface area contributed by atoms with Gasteiger partial charge in [-0.2, -0.15) is 0 Å². The minimum atomic E-state index is -3.72. The zero-order valence-corrected chi connectivity index (χ0v) is 16.0. The molecule has 0 amide bonds. The summed E-state index contributed by atoms with van der Waals surface area (Å²) >= 11 is -1.55. The molecule has 1 rings (SSSR count). The van der Waals surface area contributed by atoms with E-state index in [-0.39, 0.29) is 19.0 Å². The lowest BCUT2D eigenvalue weighted by Crippen LogP contribution is -2.45. The van der Waals surface area contributed by atoms with Gasteiger partial charge in [-0.1, -0.05) is 30.3 Å². The van der Waals surface area contributed by atoms with Crippen molar-refractivity contribution in [1.82, 2.24) is 4.72 Å². The van der Waals surface area contributed by atoms with Crippen LogP contribution in [-0.4, -0.2) is 37.2 Å². The van der Waals surface area contributed by atoms with Crippen molar-refractivity contribution in [3.63, 3.8) is 0 Å². The summed E-state index contributed by atoms with van der Waals surface area (Å²) in [6.07, 6.45) is 0.117. The second kappa shape index (κ2) is 9.02. The molecule has 0 aromatic heterocycles. The Kier molecular flexibility index (Phi) is 7.96. The summed E-state index contributed by atoms with van der Waals surface area (Å²) in [4.78, 5) is 21.2. The largest absolute Gasteiger partial charge is 0.598 e. The average Bonchev–Trinajstić information content (AvgIpc) is 2.49. The minimum Gasteiger partial charge on any atom is -0.598 e. The molecule has 6 nitrogen and oxygen atoms in total. The van der Waals surface area contributed by atoms with E-state index in [0.717, 1.165) is 5.56 Å². The monoisotopic (exact) mass is 375 g/mol. The van der Waals surface area contributed by atoms with Gasteiger partial charge in [-0.3, -0.25) is 9.36 Å². The molecule has 8 heteroatoms. The van der Waals surface area contributed by atoms with Gasteiger partial charge in [-0.15, -0.1) is 4.72 Å². The third kappa shape index (κ3) is 7.36. The third-order valence-corrected chi connectivity index (χ3v) is 7.49. The Hall–Kier alpha value is -0.850. The number of hydrogen-bond donors (Lipinski definition) is 3. The topological polar surface area (TPSA) is 110 Å².